The number of nitrogens with one attached hydrogen (secondary N) is 1. The van der Waals surface area contributed by atoms with Crippen molar-refractivity contribution in [2.75, 3.05) is 35.7 Å². The zero-order valence-electron chi connectivity index (χ0n) is 15.2. The topological polar surface area (TPSA) is 56.1 Å². The first-order chi connectivity index (χ1) is 13.3. The molecule has 0 aliphatic carbocycles. The van der Waals surface area contributed by atoms with Crippen molar-refractivity contribution in [1.82, 2.24) is 4.90 Å². The summed E-state index contributed by atoms with van der Waals surface area (Å²) in [5, 5.41) is 11.7. The van der Waals surface area contributed by atoms with Crippen LogP contribution in [-0.2, 0) is 6.54 Å². The van der Waals surface area contributed by atoms with E-state index in [4.69, 9.17) is 5.26 Å². The van der Waals surface area contributed by atoms with Crippen LogP contribution < -0.4 is 5.32 Å². The Balaban J connectivity index is 1.60. The lowest BCUT2D eigenvalue weighted by Gasteiger charge is -2.26. The summed E-state index contributed by atoms with van der Waals surface area (Å²) in [6.45, 7) is 3.21. The maximum absolute atomic E-state index is 12.6. The third-order valence-corrected chi connectivity index (χ3v) is 6.35. The molecule has 1 amide bonds. The zero-order chi connectivity index (χ0) is 18.9. The number of nitriles is 1. The summed E-state index contributed by atoms with van der Waals surface area (Å²) in [5.41, 5.74) is 2.69. The van der Waals surface area contributed by atoms with Crippen LogP contribution in [0.5, 0.6) is 0 Å². The van der Waals surface area contributed by atoms with E-state index in [0.29, 0.717) is 17.7 Å². The van der Waals surface area contributed by atoms with E-state index in [0.717, 1.165) is 30.2 Å². The maximum Gasteiger partial charge on any atom is 0.255 e. The first-order valence-electron chi connectivity index (χ1n) is 9.05. The van der Waals surface area contributed by atoms with E-state index in [9.17, 15) is 4.79 Å². The second-order valence-electron chi connectivity index (χ2n) is 6.29. The van der Waals surface area contributed by atoms with Crippen LogP contribution in [0.4, 0.5) is 5.69 Å². The summed E-state index contributed by atoms with van der Waals surface area (Å²) < 4.78 is 0. The number of nitrogens with zero attached hydrogens (tertiary/aromatic N) is 2. The van der Waals surface area contributed by atoms with Gasteiger partial charge in [0.15, 0.2) is 0 Å². The molecule has 0 aromatic heterocycles. The van der Waals surface area contributed by atoms with E-state index < -0.39 is 0 Å². The van der Waals surface area contributed by atoms with Gasteiger partial charge >= 0.3 is 0 Å². The van der Waals surface area contributed by atoms with E-state index in [-0.39, 0.29) is 5.91 Å². The number of carbonyl (C=O) groups is 1. The van der Waals surface area contributed by atoms with Gasteiger partial charge in [0.1, 0.15) is 0 Å². The maximum atomic E-state index is 12.6. The van der Waals surface area contributed by atoms with Crippen LogP contribution in [0.15, 0.2) is 53.4 Å². The lowest BCUT2D eigenvalue weighted by atomic mass is 10.1. The minimum Gasteiger partial charge on any atom is -0.321 e. The Morgan fingerprint density at radius 1 is 1.15 bits per heavy atom. The zero-order valence-corrected chi connectivity index (χ0v) is 16.8. The largest absolute Gasteiger partial charge is 0.321 e. The van der Waals surface area contributed by atoms with E-state index >= 15 is 0 Å². The molecule has 0 unspecified atom stereocenters. The number of hydrogen-bond acceptors (Lipinski definition) is 5. The SMILES string of the molecule is N#CCCSc1ccccc1NC(=O)c1ccc(CN2CCSCC2)cc1. The van der Waals surface area contributed by atoms with Gasteiger partial charge in [-0.3, -0.25) is 9.69 Å². The molecule has 4 nitrogen and oxygen atoms in total. The number of para-hydroxylation sites is 1. The Hall–Kier alpha value is -1.94. The van der Waals surface area contributed by atoms with Crippen molar-refractivity contribution in [1.29, 1.82) is 5.26 Å². The summed E-state index contributed by atoms with van der Waals surface area (Å²) in [7, 11) is 0. The molecule has 1 heterocycles. The summed E-state index contributed by atoms with van der Waals surface area (Å²) in [5.74, 6) is 3.01. The Morgan fingerprint density at radius 3 is 2.63 bits per heavy atom. The van der Waals surface area contributed by atoms with E-state index in [1.54, 1.807) is 11.8 Å². The fraction of sp³-hybridized carbons (Fsp3) is 0.333. The predicted molar refractivity (Wildman–Crippen MR) is 114 cm³/mol. The smallest absolute Gasteiger partial charge is 0.255 e. The Bertz CT molecular complexity index is 796. The molecule has 0 atom stereocenters. The van der Waals surface area contributed by atoms with Crippen LogP contribution >= 0.6 is 23.5 Å². The third-order valence-electron chi connectivity index (χ3n) is 4.33. The van der Waals surface area contributed by atoms with Gasteiger partial charge in [-0.25, -0.2) is 0 Å². The van der Waals surface area contributed by atoms with Crippen molar-refractivity contribution < 1.29 is 4.79 Å². The third kappa shape index (κ3) is 6.03. The van der Waals surface area contributed by atoms with Gasteiger partial charge in [-0.1, -0.05) is 24.3 Å². The highest BCUT2D eigenvalue weighted by Gasteiger charge is 2.12. The summed E-state index contributed by atoms with van der Waals surface area (Å²) in [6.07, 6.45) is 0.490. The Kier molecular flexibility index (Phi) is 7.64. The molecule has 0 saturated carbocycles. The quantitative estimate of drug-likeness (QED) is 0.551. The molecule has 1 saturated heterocycles. The van der Waals surface area contributed by atoms with Crippen LogP contribution in [-0.4, -0.2) is 41.2 Å². The van der Waals surface area contributed by atoms with E-state index in [1.165, 1.54) is 17.1 Å². The molecular weight excluding hydrogens is 374 g/mol. The monoisotopic (exact) mass is 397 g/mol. The van der Waals surface area contributed by atoms with Gasteiger partial charge in [0.2, 0.25) is 0 Å². The lowest BCUT2D eigenvalue weighted by molar-refractivity contribution is 0.102. The van der Waals surface area contributed by atoms with Crippen LogP contribution in [0.3, 0.4) is 0 Å². The number of carbonyl (C=O) groups excluding carboxylic acids is 1. The first-order valence-corrected chi connectivity index (χ1v) is 11.2. The minimum atomic E-state index is -0.107. The minimum absolute atomic E-state index is 0.107. The van der Waals surface area contributed by atoms with Crippen molar-refractivity contribution in [3.05, 3.63) is 59.7 Å². The number of thioether (sulfide) groups is 2. The highest BCUT2D eigenvalue weighted by molar-refractivity contribution is 7.99. The summed E-state index contributed by atoms with van der Waals surface area (Å²) >= 11 is 3.60. The van der Waals surface area contributed by atoms with Gasteiger partial charge < -0.3 is 5.32 Å². The molecule has 1 fully saturated rings. The second-order valence-corrected chi connectivity index (χ2v) is 8.65. The number of rotatable bonds is 7. The standard InChI is InChI=1S/C21H23N3OS2/c22-10-3-13-27-20-5-2-1-4-19(20)23-21(25)18-8-6-17(7-9-18)16-24-11-14-26-15-12-24/h1-2,4-9H,3,11-16H2,(H,23,25). The van der Waals surface area contributed by atoms with Crippen molar-refractivity contribution in [3.63, 3.8) is 0 Å². The fourth-order valence-corrected chi connectivity index (χ4v) is 4.72. The molecule has 2 aromatic rings. The van der Waals surface area contributed by atoms with Gasteiger partial charge in [0.25, 0.3) is 5.91 Å². The van der Waals surface area contributed by atoms with Gasteiger partial charge in [0.05, 0.1) is 11.8 Å². The van der Waals surface area contributed by atoms with E-state index in [2.05, 4.69) is 16.3 Å². The number of amides is 1. The van der Waals surface area contributed by atoms with Crippen molar-refractivity contribution in [2.24, 2.45) is 0 Å². The molecular formula is C21H23N3OS2. The number of hydrogen-bond donors (Lipinski definition) is 1. The molecule has 6 heteroatoms. The predicted octanol–water partition coefficient (Wildman–Crippen LogP) is 4.49. The van der Waals surface area contributed by atoms with Crippen LogP contribution in [0.25, 0.3) is 0 Å². The molecule has 0 bridgehead atoms. The average molecular weight is 398 g/mol. The molecule has 0 spiro atoms. The Labute approximate surface area is 169 Å². The number of benzene rings is 2. The Morgan fingerprint density at radius 2 is 1.89 bits per heavy atom. The second kappa shape index (κ2) is 10.4. The normalized spacial score (nSPS) is 14.5. The van der Waals surface area contributed by atoms with Gasteiger partial charge in [-0.05, 0) is 29.8 Å². The highest BCUT2D eigenvalue weighted by atomic mass is 32.2. The van der Waals surface area contributed by atoms with Crippen LogP contribution in [0.2, 0.25) is 0 Å². The van der Waals surface area contributed by atoms with E-state index in [1.807, 2.05) is 60.3 Å². The van der Waals surface area contributed by atoms with Gasteiger partial charge in [0, 0.05) is 53.8 Å². The van der Waals surface area contributed by atoms with Gasteiger partial charge in [-0.15, -0.1) is 11.8 Å². The lowest BCUT2D eigenvalue weighted by Crippen LogP contribution is -2.31. The molecule has 1 aliphatic heterocycles. The van der Waals surface area contributed by atoms with Crippen molar-refractivity contribution in [2.45, 2.75) is 17.9 Å². The molecule has 1 N–H and O–H groups in total. The molecule has 27 heavy (non-hydrogen) atoms. The molecule has 140 valence electrons. The first kappa shape index (κ1) is 19.8. The molecule has 2 aromatic carbocycles. The van der Waals surface area contributed by atoms with Crippen LogP contribution in [0, 0.1) is 11.3 Å². The highest BCUT2D eigenvalue weighted by Crippen LogP contribution is 2.27. The summed E-state index contributed by atoms with van der Waals surface area (Å²) in [4.78, 5) is 16.1. The van der Waals surface area contributed by atoms with Gasteiger partial charge in [-0.2, -0.15) is 17.0 Å². The molecule has 0 radical (unpaired) electrons. The van der Waals surface area contributed by atoms with Crippen LogP contribution in [0.1, 0.15) is 22.3 Å². The molecule has 1 aliphatic rings. The fourth-order valence-electron chi connectivity index (χ4n) is 2.88. The summed E-state index contributed by atoms with van der Waals surface area (Å²) in [6, 6.07) is 17.8. The van der Waals surface area contributed by atoms with Crippen molar-refractivity contribution in [3.8, 4) is 6.07 Å². The molecule has 3 rings (SSSR count). The van der Waals surface area contributed by atoms with Crippen molar-refractivity contribution >= 4 is 35.1 Å². The number of anilines is 1. The average Bonchev–Trinajstić information content (AvgIpc) is 2.71.